The van der Waals surface area contributed by atoms with Gasteiger partial charge in [-0.3, -0.25) is 4.79 Å². The van der Waals surface area contributed by atoms with Crippen molar-refractivity contribution in [3.63, 3.8) is 0 Å². The fourth-order valence-corrected chi connectivity index (χ4v) is 1.18. The number of rotatable bonds is 3. The first-order valence-electron chi connectivity index (χ1n) is 4.18. The average molecular weight is 192 g/mol. The second kappa shape index (κ2) is 4.46. The Balaban J connectivity index is 3.15. The molecule has 0 radical (unpaired) electrons. The molecule has 0 unspecified atom stereocenters. The second-order valence-corrected chi connectivity index (χ2v) is 2.88. The van der Waals surface area contributed by atoms with E-state index in [-0.39, 0.29) is 5.75 Å². The first kappa shape index (κ1) is 10.3. The lowest BCUT2D eigenvalue weighted by atomic mass is 10.1. The number of aryl methyl sites for hydroxylation is 1. The third kappa shape index (κ3) is 2.13. The third-order valence-corrected chi connectivity index (χ3v) is 1.88. The highest BCUT2D eigenvalue weighted by molar-refractivity contribution is 5.74. The summed E-state index contributed by atoms with van der Waals surface area (Å²) in [4.78, 5) is 10.1. The van der Waals surface area contributed by atoms with Crippen molar-refractivity contribution in [1.29, 1.82) is 0 Å². The smallest absolute Gasteiger partial charge is 0.161 e. The molecule has 0 aliphatic rings. The molecule has 0 aliphatic heterocycles. The van der Waals surface area contributed by atoms with Crippen LogP contribution >= 0.6 is 0 Å². The molecule has 3 heteroatoms. The van der Waals surface area contributed by atoms with E-state index in [9.17, 15) is 9.90 Å². The van der Waals surface area contributed by atoms with Crippen LogP contribution in [0.2, 0.25) is 0 Å². The van der Waals surface area contributed by atoms with Gasteiger partial charge in [0, 0.05) is 0 Å². The van der Waals surface area contributed by atoms with Crippen molar-refractivity contribution in [3.8, 4) is 11.5 Å². The van der Waals surface area contributed by atoms with Gasteiger partial charge in [-0.1, -0.05) is 6.08 Å². The number of phenolic OH excluding ortho intramolecular Hbond substituents is 1. The van der Waals surface area contributed by atoms with Gasteiger partial charge in [0.25, 0.3) is 0 Å². The van der Waals surface area contributed by atoms with E-state index in [1.54, 1.807) is 25.1 Å². The summed E-state index contributed by atoms with van der Waals surface area (Å²) in [5.41, 5.74) is 1.54. The van der Waals surface area contributed by atoms with Crippen LogP contribution in [-0.4, -0.2) is 18.5 Å². The number of allylic oxidation sites excluding steroid dienone is 1. The molecule has 1 aromatic carbocycles. The van der Waals surface area contributed by atoms with Gasteiger partial charge in [-0.05, 0) is 36.3 Å². The first-order valence-corrected chi connectivity index (χ1v) is 4.18. The van der Waals surface area contributed by atoms with Crippen LogP contribution in [0.3, 0.4) is 0 Å². The van der Waals surface area contributed by atoms with Crippen molar-refractivity contribution in [2.45, 2.75) is 6.92 Å². The maximum Gasteiger partial charge on any atom is 0.161 e. The van der Waals surface area contributed by atoms with Crippen molar-refractivity contribution in [3.05, 3.63) is 29.3 Å². The van der Waals surface area contributed by atoms with E-state index in [1.165, 1.54) is 13.2 Å². The summed E-state index contributed by atoms with van der Waals surface area (Å²) in [6.07, 6.45) is 3.75. The topological polar surface area (TPSA) is 46.5 Å². The maximum absolute atomic E-state index is 10.1. The molecular formula is C11H12O3. The Labute approximate surface area is 82.6 Å². The van der Waals surface area contributed by atoms with Crippen LogP contribution in [0.5, 0.6) is 11.5 Å². The highest BCUT2D eigenvalue weighted by atomic mass is 16.5. The molecule has 0 saturated heterocycles. The van der Waals surface area contributed by atoms with E-state index in [0.717, 1.165) is 11.1 Å². The predicted octanol–water partition coefficient (Wildman–Crippen LogP) is 1.92. The van der Waals surface area contributed by atoms with Crippen LogP contribution in [0.1, 0.15) is 11.1 Å². The molecule has 1 rings (SSSR count). The van der Waals surface area contributed by atoms with Gasteiger partial charge in [-0.2, -0.15) is 0 Å². The lowest BCUT2D eigenvalue weighted by Gasteiger charge is -2.07. The Morgan fingerprint density at radius 1 is 1.43 bits per heavy atom. The number of carbonyl (C=O) groups excluding carboxylic acids is 1. The summed E-state index contributed by atoms with van der Waals surface area (Å²) in [7, 11) is 1.49. The van der Waals surface area contributed by atoms with Crippen LogP contribution in [0.4, 0.5) is 0 Å². The van der Waals surface area contributed by atoms with Gasteiger partial charge in [0.1, 0.15) is 6.29 Å². The molecule has 0 atom stereocenters. The largest absolute Gasteiger partial charge is 0.504 e. The highest BCUT2D eigenvalue weighted by Crippen LogP contribution is 2.31. The van der Waals surface area contributed by atoms with E-state index in [2.05, 4.69) is 0 Å². The van der Waals surface area contributed by atoms with Crippen molar-refractivity contribution < 1.29 is 14.6 Å². The number of aromatic hydroxyl groups is 1. The summed E-state index contributed by atoms with van der Waals surface area (Å²) in [5.74, 6) is 0.548. The molecular weight excluding hydrogens is 180 g/mol. The quantitative estimate of drug-likeness (QED) is 0.588. The molecule has 3 nitrogen and oxygen atoms in total. The van der Waals surface area contributed by atoms with Crippen LogP contribution in [0, 0.1) is 6.92 Å². The molecule has 0 heterocycles. The molecule has 0 aromatic heterocycles. The van der Waals surface area contributed by atoms with E-state index in [0.29, 0.717) is 12.0 Å². The van der Waals surface area contributed by atoms with Crippen molar-refractivity contribution >= 4 is 12.4 Å². The Bertz CT molecular complexity index is 367. The molecule has 0 spiro atoms. The summed E-state index contributed by atoms with van der Waals surface area (Å²) >= 11 is 0. The number of benzene rings is 1. The van der Waals surface area contributed by atoms with Gasteiger partial charge in [-0.25, -0.2) is 0 Å². The van der Waals surface area contributed by atoms with Crippen LogP contribution in [-0.2, 0) is 4.79 Å². The SMILES string of the molecule is COc1cc(/C=C/C=O)cc(C)c1O. The van der Waals surface area contributed by atoms with Crippen molar-refractivity contribution in [1.82, 2.24) is 0 Å². The molecule has 74 valence electrons. The lowest BCUT2D eigenvalue weighted by Crippen LogP contribution is -1.87. The number of hydrogen-bond acceptors (Lipinski definition) is 3. The van der Waals surface area contributed by atoms with Gasteiger partial charge in [0.2, 0.25) is 0 Å². The minimum atomic E-state index is 0.135. The standard InChI is InChI=1S/C11H12O3/c1-8-6-9(4-3-5-12)7-10(14-2)11(8)13/h3-7,13H,1-2H3/b4-3+. The van der Waals surface area contributed by atoms with E-state index in [4.69, 9.17) is 4.74 Å². The Kier molecular flexibility index (Phi) is 3.29. The minimum absolute atomic E-state index is 0.135. The molecule has 1 aromatic rings. The number of methoxy groups -OCH3 is 1. The van der Waals surface area contributed by atoms with Crippen molar-refractivity contribution in [2.75, 3.05) is 7.11 Å². The van der Waals surface area contributed by atoms with Gasteiger partial charge in [0.05, 0.1) is 7.11 Å². The average Bonchev–Trinajstić information content (AvgIpc) is 2.19. The molecule has 14 heavy (non-hydrogen) atoms. The number of aldehydes is 1. The van der Waals surface area contributed by atoms with Gasteiger partial charge in [0.15, 0.2) is 11.5 Å². The maximum atomic E-state index is 10.1. The zero-order chi connectivity index (χ0) is 10.6. The minimum Gasteiger partial charge on any atom is -0.504 e. The molecule has 1 N–H and O–H groups in total. The predicted molar refractivity (Wildman–Crippen MR) is 54.5 cm³/mol. The third-order valence-electron chi connectivity index (χ3n) is 1.88. The lowest BCUT2D eigenvalue weighted by molar-refractivity contribution is -0.104. The summed E-state index contributed by atoms with van der Waals surface area (Å²) in [6, 6.07) is 3.44. The number of carbonyl (C=O) groups is 1. The fraction of sp³-hybridized carbons (Fsp3) is 0.182. The van der Waals surface area contributed by atoms with Gasteiger partial charge < -0.3 is 9.84 Å². The Morgan fingerprint density at radius 2 is 2.14 bits per heavy atom. The molecule has 0 saturated carbocycles. The summed E-state index contributed by atoms with van der Waals surface area (Å²) in [5, 5.41) is 9.53. The normalized spacial score (nSPS) is 10.4. The number of ether oxygens (including phenoxy) is 1. The van der Waals surface area contributed by atoms with E-state index < -0.39 is 0 Å². The number of hydrogen-bond donors (Lipinski definition) is 1. The summed E-state index contributed by atoms with van der Waals surface area (Å²) in [6.45, 7) is 1.77. The fourth-order valence-electron chi connectivity index (χ4n) is 1.18. The van der Waals surface area contributed by atoms with E-state index >= 15 is 0 Å². The van der Waals surface area contributed by atoms with Gasteiger partial charge >= 0.3 is 0 Å². The van der Waals surface area contributed by atoms with Crippen LogP contribution in [0.15, 0.2) is 18.2 Å². The molecule has 0 fully saturated rings. The number of phenols is 1. The highest BCUT2D eigenvalue weighted by Gasteiger charge is 2.05. The van der Waals surface area contributed by atoms with Crippen LogP contribution in [0.25, 0.3) is 6.08 Å². The van der Waals surface area contributed by atoms with E-state index in [1.807, 2.05) is 0 Å². The molecule has 0 aliphatic carbocycles. The molecule has 0 bridgehead atoms. The Hall–Kier alpha value is -1.77. The zero-order valence-electron chi connectivity index (χ0n) is 8.15. The first-order chi connectivity index (χ1) is 6.69. The van der Waals surface area contributed by atoms with Crippen LogP contribution < -0.4 is 4.74 Å². The molecule has 0 amide bonds. The second-order valence-electron chi connectivity index (χ2n) is 2.88. The van der Waals surface area contributed by atoms with Gasteiger partial charge in [-0.15, -0.1) is 0 Å². The summed E-state index contributed by atoms with van der Waals surface area (Å²) < 4.78 is 4.97. The van der Waals surface area contributed by atoms with Crippen molar-refractivity contribution in [2.24, 2.45) is 0 Å². The Morgan fingerprint density at radius 3 is 2.71 bits per heavy atom. The monoisotopic (exact) mass is 192 g/mol. The zero-order valence-corrected chi connectivity index (χ0v) is 8.15.